The zero-order valence-corrected chi connectivity index (χ0v) is 10.5. The van der Waals surface area contributed by atoms with Crippen LogP contribution in [0.4, 0.5) is 5.13 Å². The number of aromatic nitrogens is 1. The summed E-state index contributed by atoms with van der Waals surface area (Å²) in [6, 6.07) is 6.56. The van der Waals surface area contributed by atoms with Crippen molar-refractivity contribution < 1.29 is 9.63 Å². The van der Waals surface area contributed by atoms with Gasteiger partial charge in [0.15, 0.2) is 16.6 Å². The van der Waals surface area contributed by atoms with Crippen molar-refractivity contribution in [1.29, 1.82) is 0 Å². The molecular formula is C11H7ClN3O2S. The second-order valence-electron chi connectivity index (χ2n) is 3.16. The number of carbonyl (C=O) groups excluding carboxylic acids is 1. The van der Waals surface area contributed by atoms with E-state index in [1.165, 1.54) is 11.3 Å². The van der Waals surface area contributed by atoms with Crippen molar-refractivity contribution in [3.63, 3.8) is 0 Å². The summed E-state index contributed by atoms with van der Waals surface area (Å²) in [5, 5.41) is 6.20. The molecule has 1 aromatic heterocycles. The largest absolute Gasteiger partial charge is 0.375 e. The van der Waals surface area contributed by atoms with Crippen LogP contribution < -0.4 is 10.6 Å². The van der Waals surface area contributed by atoms with Crippen molar-refractivity contribution in [2.75, 3.05) is 5.73 Å². The fourth-order valence-corrected chi connectivity index (χ4v) is 1.78. The number of hydrogen-bond donors (Lipinski definition) is 1. The van der Waals surface area contributed by atoms with Crippen molar-refractivity contribution in [2.24, 2.45) is 5.16 Å². The molecule has 2 N–H and O–H groups in total. The van der Waals surface area contributed by atoms with Gasteiger partial charge in [-0.2, -0.15) is 0 Å². The molecule has 2 aromatic rings. The standard InChI is InChI=1S/C11H7ClN3O2S/c12-7-1-3-8(4-2-7)17-15-9(5-16)10-6-18-11(13)14-10/h1-4,6H,(H2,13,14)/b15-9-. The third kappa shape index (κ3) is 3.06. The van der Waals surface area contributed by atoms with E-state index < -0.39 is 0 Å². The highest BCUT2D eigenvalue weighted by molar-refractivity contribution is 7.13. The summed E-state index contributed by atoms with van der Waals surface area (Å²) in [5.74, 6) is 0.454. The van der Waals surface area contributed by atoms with Gasteiger partial charge in [0.1, 0.15) is 5.69 Å². The predicted octanol–water partition coefficient (Wildman–Crippen LogP) is 2.27. The van der Waals surface area contributed by atoms with Crippen molar-refractivity contribution in [2.45, 2.75) is 0 Å². The lowest BCUT2D eigenvalue weighted by Gasteiger charge is -1.98. The van der Waals surface area contributed by atoms with Crippen LogP contribution in [0.2, 0.25) is 5.02 Å². The average molecular weight is 281 g/mol. The molecule has 0 bridgehead atoms. The lowest BCUT2D eigenvalue weighted by atomic mass is 10.3. The summed E-state index contributed by atoms with van der Waals surface area (Å²) >= 11 is 6.93. The Morgan fingerprint density at radius 3 is 2.72 bits per heavy atom. The van der Waals surface area contributed by atoms with Crippen molar-refractivity contribution in [3.8, 4) is 5.75 Å². The number of nitrogens with two attached hydrogens (primary N) is 1. The first kappa shape index (κ1) is 12.5. The van der Waals surface area contributed by atoms with Crippen LogP contribution in [-0.2, 0) is 4.79 Å². The molecule has 0 aliphatic carbocycles. The molecule has 7 heteroatoms. The molecule has 0 saturated heterocycles. The van der Waals surface area contributed by atoms with E-state index in [1.54, 1.807) is 35.9 Å². The lowest BCUT2D eigenvalue weighted by Crippen LogP contribution is -2.05. The molecule has 91 valence electrons. The highest BCUT2D eigenvalue weighted by Gasteiger charge is 2.08. The molecule has 0 amide bonds. The molecule has 2 rings (SSSR count). The molecule has 0 atom stereocenters. The monoisotopic (exact) mass is 280 g/mol. The van der Waals surface area contributed by atoms with Crippen LogP contribution in [0, 0.1) is 0 Å². The predicted molar refractivity (Wildman–Crippen MR) is 70.8 cm³/mol. The summed E-state index contributed by atoms with van der Waals surface area (Å²) in [6.45, 7) is 0. The molecule has 1 heterocycles. The Morgan fingerprint density at radius 1 is 1.44 bits per heavy atom. The number of nitrogens with zero attached hydrogens (tertiary/aromatic N) is 2. The van der Waals surface area contributed by atoms with E-state index >= 15 is 0 Å². The molecule has 0 saturated carbocycles. The van der Waals surface area contributed by atoms with E-state index in [4.69, 9.17) is 22.2 Å². The first-order chi connectivity index (χ1) is 8.69. The number of benzene rings is 1. The van der Waals surface area contributed by atoms with Crippen molar-refractivity contribution in [3.05, 3.63) is 40.4 Å². The molecule has 18 heavy (non-hydrogen) atoms. The highest BCUT2D eigenvalue weighted by Crippen LogP contribution is 2.16. The number of rotatable bonds is 4. The third-order valence-corrected chi connectivity index (χ3v) is 2.84. The summed E-state index contributed by atoms with van der Waals surface area (Å²) in [7, 11) is 0. The fraction of sp³-hybridized carbons (Fsp3) is 0. The quantitative estimate of drug-likeness (QED) is 0.688. The van der Waals surface area contributed by atoms with Gasteiger partial charge in [-0.1, -0.05) is 16.8 Å². The smallest absolute Gasteiger partial charge is 0.259 e. The van der Waals surface area contributed by atoms with Gasteiger partial charge in [-0.25, -0.2) is 4.98 Å². The maximum absolute atomic E-state index is 10.8. The second-order valence-corrected chi connectivity index (χ2v) is 4.48. The second kappa shape index (κ2) is 5.61. The highest BCUT2D eigenvalue weighted by atomic mass is 35.5. The van der Waals surface area contributed by atoms with Gasteiger partial charge in [0.25, 0.3) is 6.29 Å². The summed E-state index contributed by atoms with van der Waals surface area (Å²) in [4.78, 5) is 19.7. The summed E-state index contributed by atoms with van der Waals surface area (Å²) < 4.78 is 0. The van der Waals surface area contributed by atoms with Gasteiger partial charge in [-0.05, 0) is 24.3 Å². The summed E-state index contributed by atoms with van der Waals surface area (Å²) in [6.07, 6.45) is 1.65. The number of hydrogen-bond acceptors (Lipinski definition) is 6. The van der Waals surface area contributed by atoms with Crippen LogP contribution in [-0.4, -0.2) is 17.0 Å². The first-order valence-electron chi connectivity index (χ1n) is 4.79. The first-order valence-corrected chi connectivity index (χ1v) is 6.05. The number of halogens is 1. The Bertz CT molecular complexity index is 580. The number of thiazole rings is 1. The normalized spacial score (nSPS) is 11.3. The van der Waals surface area contributed by atoms with Gasteiger partial charge in [-0.15, -0.1) is 11.3 Å². The minimum atomic E-state index is -0.0436. The van der Waals surface area contributed by atoms with Gasteiger partial charge in [-0.3, -0.25) is 4.79 Å². The molecule has 0 aliphatic heterocycles. The van der Waals surface area contributed by atoms with Crippen molar-refractivity contribution >= 4 is 40.1 Å². The Balaban J connectivity index is 2.15. The van der Waals surface area contributed by atoms with Crippen LogP contribution >= 0.6 is 22.9 Å². The third-order valence-electron chi connectivity index (χ3n) is 1.92. The molecule has 1 radical (unpaired) electrons. The molecule has 5 nitrogen and oxygen atoms in total. The number of anilines is 1. The average Bonchev–Trinajstić information content (AvgIpc) is 2.79. The Morgan fingerprint density at radius 2 is 2.17 bits per heavy atom. The molecule has 0 aliphatic rings. The van der Waals surface area contributed by atoms with E-state index in [-0.39, 0.29) is 5.71 Å². The van der Waals surface area contributed by atoms with Gasteiger partial charge < -0.3 is 10.6 Å². The van der Waals surface area contributed by atoms with Crippen LogP contribution in [0.25, 0.3) is 0 Å². The molecule has 0 spiro atoms. The maximum atomic E-state index is 10.8. The van der Waals surface area contributed by atoms with E-state index in [1.807, 2.05) is 0 Å². The minimum absolute atomic E-state index is 0.0436. The maximum Gasteiger partial charge on any atom is 0.259 e. The molecule has 0 unspecified atom stereocenters. The van der Waals surface area contributed by atoms with E-state index in [0.29, 0.717) is 21.6 Å². The van der Waals surface area contributed by atoms with Crippen LogP contribution in [0.5, 0.6) is 5.75 Å². The summed E-state index contributed by atoms with van der Waals surface area (Å²) in [5.41, 5.74) is 5.75. The van der Waals surface area contributed by atoms with Crippen LogP contribution in [0.1, 0.15) is 5.69 Å². The van der Waals surface area contributed by atoms with Gasteiger partial charge >= 0.3 is 0 Å². The topological polar surface area (TPSA) is 77.6 Å². The Kier molecular flexibility index (Phi) is 3.91. The van der Waals surface area contributed by atoms with Crippen LogP contribution in [0.15, 0.2) is 34.8 Å². The van der Waals surface area contributed by atoms with E-state index in [0.717, 1.165) is 0 Å². The number of oxime groups is 1. The fourth-order valence-electron chi connectivity index (χ4n) is 1.11. The van der Waals surface area contributed by atoms with Gasteiger partial charge in [0.2, 0.25) is 0 Å². The molecule has 0 fully saturated rings. The van der Waals surface area contributed by atoms with E-state index in [2.05, 4.69) is 10.1 Å². The zero-order chi connectivity index (χ0) is 13.0. The Labute approximate surface area is 112 Å². The van der Waals surface area contributed by atoms with Crippen LogP contribution in [0.3, 0.4) is 0 Å². The molecule has 1 aromatic carbocycles. The Hall–Kier alpha value is -1.92. The SMILES string of the molecule is Nc1nc(/C([C]=O)=N\Oc2ccc(Cl)cc2)cs1. The zero-order valence-electron chi connectivity index (χ0n) is 8.96. The van der Waals surface area contributed by atoms with E-state index in [9.17, 15) is 4.79 Å². The minimum Gasteiger partial charge on any atom is -0.375 e. The lowest BCUT2D eigenvalue weighted by molar-refractivity contribution is 0.342. The number of nitrogen functional groups attached to an aromatic ring is 1. The van der Waals surface area contributed by atoms with Crippen molar-refractivity contribution in [1.82, 2.24) is 4.98 Å². The molecular weight excluding hydrogens is 274 g/mol. The van der Waals surface area contributed by atoms with Gasteiger partial charge in [0.05, 0.1) is 0 Å². The van der Waals surface area contributed by atoms with Gasteiger partial charge in [0, 0.05) is 10.4 Å².